The quantitative estimate of drug-likeness (QED) is 0.879. The minimum Gasteiger partial charge on any atom is -0.337 e. The number of carbonyl (C=O) groups is 1. The van der Waals surface area contributed by atoms with Crippen molar-refractivity contribution in [1.82, 2.24) is 10.2 Å². The normalized spacial score (nSPS) is 13.8. The smallest absolute Gasteiger partial charge is 0.235 e. The van der Waals surface area contributed by atoms with E-state index >= 15 is 0 Å². The second-order valence-electron chi connectivity index (χ2n) is 5.82. The molecule has 0 spiro atoms. The van der Waals surface area contributed by atoms with Crippen molar-refractivity contribution in [1.29, 1.82) is 5.26 Å². The van der Waals surface area contributed by atoms with Gasteiger partial charge in [-0.05, 0) is 37.6 Å². The van der Waals surface area contributed by atoms with Gasteiger partial charge in [0.2, 0.25) is 5.91 Å². The van der Waals surface area contributed by atoms with Crippen molar-refractivity contribution >= 4 is 17.5 Å². The largest absolute Gasteiger partial charge is 0.337 e. The number of nitrogens with zero attached hydrogens (tertiary/aromatic N) is 2. The first kappa shape index (κ1) is 17.5. The lowest BCUT2D eigenvalue weighted by atomic mass is 9.90. The average molecular weight is 308 g/mol. The maximum Gasteiger partial charge on any atom is 0.235 e. The third-order valence-corrected chi connectivity index (χ3v) is 3.82. The number of nitrogens with one attached hydrogen (secondary N) is 1. The van der Waals surface area contributed by atoms with Crippen molar-refractivity contribution in [2.45, 2.75) is 32.9 Å². The van der Waals surface area contributed by atoms with Gasteiger partial charge in [0, 0.05) is 11.6 Å². The first-order valence-electron chi connectivity index (χ1n) is 6.92. The van der Waals surface area contributed by atoms with Crippen LogP contribution >= 0.6 is 11.6 Å². The van der Waals surface area contributed by atoms with Gasteiger partial charge in [-0.2, -0.15) is 5.26 Å². The van der Waals surface area contributed by atoms with E-state index in [1.807, 2.05) is 50.1 Å². The summed E-state index contributed by atoms with van der Waals surface area (Å²) >= 11 is 5.84. The molecule has 5 heteroatoms. The molecule has 0 aliphatic rings. The summed E-state index contributed by atoms with van der Waals surface area (Å²) in [7, 11) is 1.87. The molecule has 0 bridgehead atoms. The Kier molecular flexibility index (Phi) is 6.19. The number of rotatable bonds is 6. The molecule has 0 saturated heterocycles. The third-order valence-electron chi connectivity index (χ3n) is 3.57. The standard InChI is InChI=1S/C16H22ClN3O/c1-12(2)16(3,11-18)19-15(21)10-20(4)9-13-5-7-14(17)8-6-13/h5-8,12H,9-10H2,1-4H3,(H,19,21)/t16-/m0/s1. The first-order chi connectivity index (χ1) is 9.76. The monoisotopic (exact) mass is 307 g/mol. The summed E-state index contributed by atoms with van der Waals surface area (Å²) < 4.78 is 0. The van der Waals surface area contributed by atoms with Gasteiger partial charge in [0.05, 0.1) is 12.6 Å². The lowest BCUT2D eigenvalue weighted by molar-refractivity contribution is -0.123. The molecule has 0 fully saturated rings. The Hall–Kier alpha value is -1.57. The molecule has 1 aromatic rings. The second-order valence-corrected chi connectivity index (χ2v) is 6.25. The van der Waals surface area contributed by atoms with E-state index in [1.54, 1.807) is 6.92 Å². The molecule has 1 aromatic carbocycles. The van der Waals surface area contributed by atoms with Gasteiger partial charge in [0.1, 0.15) is 5.54 Å². The van der Waals surface area contributed by atoms with Crippen molar-refractivity contribution < 1.29 is 4.79 Å². The summed E-state index contributed by atoms with van der Waals surface area (Å²) in [6.45, 7) is 6.47. The number of hydrogen-bond donors (Lipinski definition) is 1. The fourth-order valence-corrected chi connectivity index (χ4v) is 1.96. The SMILES string of the molecule is CC(C)[C@](C)(C#N)NC(=O)CN(C)Cc1ccc(Cl)cc1. The van der Waals surface area contributed by atoms with Gasteiger partial charge in [0.15, 0.2) is 0 Å². The maximum atomic E-state index is 12.1. The van der Waals surface area contributed by atoms with Gasteiger partial charge in [-0.1, -0.05) is 37.6 Å². The Morgan fingerprint density at radius 2 is 2.00 bits per heavy atom. The minimum absolute atomic E-state index is 0.0491. The van der Waals surface area contributed by atoms with E-state index in [0.717, 1.165) is 5.56 Å². The lowest BCUT2D eigenvalue weighted by Gasteiger charge is -2.28. The molecule has 0 aliphatic carbocycles. The molecule has 0 radical (unpaired) electrons. The van der Waals surface area contributed by atoms with Gasteiger partial charge in [-0.25, -0.2) is 0 Å². The second kappa shape index (κ2) is 7.44. The van der Waals surface area contributed by atoms with E-state index in [4.69, 9.17) is 11.6 Å². The van der Waals surface area contributed by atoms with Crippen molar-refractivity contribution in [3.8, 4) is 6.07 Å². The molecule has 0 aromatic heterocycles. The maximum absolute atomic E-state index is 12.1. The van der Waals surface area contributed by atoms with Crippen molar-refractivity contribution in [3.63, 3.8) is 0 Å². The summed E-state index contributed by atoms with van der Waals surface area (Å²) in [6.07, 6.45) is 0. The van der Waals surface area contributed by atoms with Crippen LogP contribution in [0.25, 0.3) is 0 Å². The van der Waals surface area contributed by atoms with Crippen LogP contribution < -0.4 is 5.32 Å². The molecule has 1 atom stereocenters. The molecule has 114 valence electrons. The van der Waals surface area contributed by atoms with Gasteiger partial charge in [0.25, 0.3) is 0 Å². The molecule has 21 heavy (non-hydrogen) atoms. The molecule has 1 amide bonds. The molecule has 0 saturated carbocycles. The number of likely N-dealkylation sites (N-methyl/N-ethyl adjacent to an activating group) is 1. The van der Waals surface area contributed by atoms with E-state index in [2.05, 4.69) is 11.4 Å². The van der Waals surface area contributed by atoms with E-state index < -0.39 is 5.54 Å². The van der Waals surface area contributed by atoms with Crippen LogP contribution in [0.2, 0.25) is 5.02 Å². The molecule has 1 rings (SSSR count). The van der Waals surface area contributed by atoms with E-state index in [-0.39, 0.29) is 18.4 Å². The Labute approximate surface area is 131 Å². The minimum atomic E-state index is -0.835. The Morgan fingerprint density at radius 1 is 1.43 bits per heavy atom. The first-order valence-corrected chi connectivity index (χ1v) is 7.30. The van der Waals surface area contributed by atoms with E-state index in [0.29, 0.717) is 11.6 Å². The predicted octanol–water partition coefficient (Wildman–Crippen LogP) is 2.83. The van der Waals surface area contributed by atoms with Crippen LogP contribution in [0.15, 0.2) is 24.3 Å². The molecule has 0 unspecified atom stereocenters. The third kappa shape index (κ3) is 5.37. The van der Waals surface area contributed by atoms with Crippen molar-refractivity contribution in [2.24, 2.45) is 5.92 Å². The fourth-order valence-electron chi connectivity index (χ4n) is 1.83. The van der Waals surface area contributed by atoms with Crippen LogP contribution in [-0.2, 0) is 11.3 Å². The van der Waals surface area contributed by atoms with Crippen LogP contribution in [0.4, 0.5) is 0 Å². The summed E-state index contributed by atoms with van der Waals surface area (Å²) in [4.78, 5) is 14.0. The van der Waals surface area contributed by atoms with Gasteiger partial charge >= 0.3 is 0 Å². The molecule has 0 aliphatic heterocycles. The highest BCUT2D eigenvalue weighted by molar-refractivity contribution is 6.30. The van der Waals surface area contributed by atoms with E-state index in [9.17, 15) is 10.1 Å². The summed E-state index contributed by atoms with van der Waals surface area (Å²) in [5, 5.41) is 12.7. The van der Waals surface area contributed by atoms with Gasteiger partial charge in [-0.3, -0.25) is 9.69 Å². The fraction of sp³-hybridized carbons (Fsp3) is 0.500. The Balaban J connectivity index is 2.55. The van der Waals surface area contributed by atoms with Crippen LogP contribution in [-0.4, -0.2) is 29.9 Å². The summed E-state index contributed by atoms with van der Waals surface area (Å²) in [6, 6.07) is 9.70. The zero-order valence-corrected chi connectivity index (χ0v) is 13.7. The highest BCUT2D eigenvalue weighted by Crippen LogP contribution is 2.15. The molecule has 1 N–H and O–H groups in total. The zero-order chi connectivity index (χ0) is 16.0. The summed E-state index contributed by atoms with van der Waals surface area (Å²) in [5.41, 5.74) is 0.250. The van der Waals surface area contributed by atoms with Crippen LogP contribution in [0.3, 0.4) is 0 Å². The summed E-state index contributed by atoms with van der Waals surface area (Å²) in [5.74, 6) is -0.0998. The average Bonchev–Trinajstić information content (AvgIpc) is 2.40. The van der Waals surface area contributed by atoms with Gasteiger partial charge in [-0.15, -0.1) is 0 Å². The highest BCUT2D eigenvalue weighted by Gasteiger charge is 2.30. The Bertz CT molecular complexity index is 521. The topological polar surface area (TPSA) is 56.1 Å². The zero-order valence-electron chi connectivity index (χ0n) is 13.0. The number of hydrogen-bond acceptors (Lipinski definition) is 3. The molecule has 0 heterocycles. The van der Waals surface area contributed by atoms with Crippen LogP contribution in [0.5, 0.6) is 0 Å². The van der Waals surface area contributed by atoms with E-state index in [1.165, 1.54) is 0 Å². The number of benzene rings is 1. The van der Waals surface area contributed by atoms with Crippen molar-refractivity contribution in [2.75, 3.05) is 13.6 Å². The van der Waals surface area contributed by atoms with Crippen molar-refractivity contribution in [3.05, 3.63) is 34.9 Å². The Morgan fingerprint density at radius 3 is 2.48 bits per heavy atom. The van der Waals surface area contributed by atoms with Crippen LogP contribution in [0, 0.1) is 17.2 Å². The molecule has 4 nitrogen and oxygen atoms in total. The number of nitriles is 1. The predicted molar refractivity (Wildman–Crippen MR) is 84.8 cm³/mol. The molecular formula is C16H22ClN3O. The van der Waals surface area contributed by atoms with Crippen LogP contribution in [0.1, 0.15) is 26.3 Å². The van der Waals surface area contributed by atoms with Gasteiger partial charge < -0.3 is 5.32 Å². The number of amides is 1. The molecular weight excluding hydrogens is 286 g/mol. The highest BCUT2D eigenvalue weighted by atomic mass is 35.5. The number of halogens is 1. The number of carbonyl (C=O) groups excluding carboxylic acids is 1. The lowest BCUT2D eigenvalue weighted by Crippen LogP contribution is -2.51.